The van der Waals surface area contributed by atoms with Crippen molar-refractivity contribution in [2.75, 3.05) is 11.9 Å². The molecule has 0 aliphatic heterocycles. The van der Waals surface area contributed by atoms with Crippen LogP contribution >= 0.6 is 0 Å². The number of carbonyl (C=O) groups is 1. The van der Waals surface area contributed by atoms with E-state index in [0.717, 1.165) is 22.6 Å². The minimum atomic E-state index is -0.197. The predicted molar refractivity (Wildman–Crippen MR) is 89.3 cm³/mol. The summed E-state index contributed by atoms with van der Waals surface area (Å²) >= 11 is 0. The second-order valence-electron chi connectivity index (χ2n) is 5.16. The molecule has 3 aromatic rings. The summed E-state index contributed by atoms with van der Waals surface area (Å²) in [6.45, 7) is 1.93. The fourth-order valence-corrected chi connectivity index (χ4v) is 2.15. The molecule has 0 saturated carbocycles. The fraction of sp³-hybridized carbons (Fsp3) is 0.111. The van der Waals surface area contributed by atoms with Crippen molar-refractivity contribution >= 4 is 11.6 Å². The first-order valence-corrected chi connectivity index (χ1v) is 7.31. The highest BCUT2D eigenvalue weighted by Crippen LogP contribution is 2.20. The van der Waals surface area contributed by atoms with E-state index in [2.05, 4.69) is 15.5 Å². The fourth-order valence-electron chi connectivity index (χ4n) is 2.15. The maximum absolute atomic E-state index is 11.9. The summed E-state index contributed by atoms with van der Waals surface area (Å²) in [5.74, 6) is 0.476. The SMILES string of the molecule is Cc1cc(-c2ccc(NC(=O)COc3ccccc3)cc2)n[nH]1. The van der Waals surface area contributed by atoms with E-state index in [9.17, 15) is 4.79 Å². The van der Waals surface area contributed by atoms with Crippen molar-refractivity contribution in [3.8, 4) is 17.0 Å². The van der Waals surface area contributed by atoms with Crippen LogP contribution in [0.1, 0.15) is 5.69 Å². The van der Waals surface area contributed by atoms with Crippen LogP contribution in [0.15, 0.2) is 60.7 Å². The number of aromatic amines is 1. The number of nitrogens with zero attached hydrogens (tertiary/aromatic N) is 1. The largest absolute Gasteiger partial charge is 0.484 e. The highest BCUT2D eigenvalue weighted by Gasteiger charge is 2.05. The van der Waals surface area contributed by atoms with Gasteiger partial charge in [0.25, 0.3) is 5.91 Å². The Hall–Kier alpha value is -3.08. The number of benzene rings is 2. The summed E-state index contributed by atoms with van der Waals surface area (Å²) in [4.78, 5) is 11.9. The van der Waals surface area contributed by atoms with Gasteiger partial charge in [-0.05, 0) is 37.3 Å². The number of ether oxygens (including phenoxy) is 1. The van der Waals surface area contributed by atoms with Crippen molar-refractivity contribution < 1.29 is 9.53 Å². The number of hydrogen-bond donors (Lipinski definition) is 2. The molecule has 0 saturated heterocycles. The summed E-state index contributed by atoms with van der Waals surface area (Å²) in [5, 5.41) is 9.92. The highest BCUT2D eigenvalue weighted by atomic mass is 16.5. The lowest BCUT2D eigenvalue weighted by Gasteiger charge is -2.07. The van der Waals surface area contributed by atoms with Crippen LogP contribution in [-0.2, 0) is 4.79 Å². The summed E-state index contributed by atoms with van der Waals surface area (Å²) in [7, 11) is 0. The van der Waals surface area contributed by atoms with Crippen molar-refractivity contribution in [2.45, 2.75) is 6.92 Å². The predicted octanol–water partition coefficient (Wildman–Crippen LogP) is 3.40. The van der Waals surface area contributed by atoms with Crippen LogP contribution in [-0.4, -0.2) is 22.7 Å². The number of carbonyl (C=O) groups excluding carboxylic acids is 1. The first kappa shape index (κ1) is 14.8. The zero-order valence-electron chi connectivity index (χ0n) is 12.7. The Labute approximate surface area is 134 Å². The molecule has 0 bridgehead atoms. The first-order valence-electron chi connectivity index (χ1n) is 7.31. The molecule has 0 fully saturated rings. The number of anilines is 1. The molecule has 0 radical (unpaired) electrons. The van der Waals surface area contributed by atoms with Crippen molar-refractivity contribution in [2.24, 2.45) is 0 Å². The summed E-state index contributed by atoms with van der Waals surface area (Å²) in [5.41, 5.74) is 3.61. The van der Waals surface area contributed by atoms with Crippen molar-refractivity contribution in [3.63, 3.8) is 0 Å². The van der Waals surface area contributed by atoms with E-state index in [1.165, 1.54) is 0 Å². The topological polar surface area (TPSA) is 67.0 Å². The number of aryl methyl sites for hydroxylation is 1. The van der Waals surface area contributed by atoms with Crippen molar-refractivity contribution in [3.05, 3.63) is 66.4 Å². The molecule has 116 valence electrons. The number of hydrogen-bond acceptors (Lipinski definition) is 3. The zero-order valence-corrected chi connectivity index (χ0v) is 12.7. The van der Waals surface area contributed by atoms with Crippen molar-refractivity contribution in [1.29, 1.82) is 0 Å². The highest BCUT2D eigenvalue weighted by molar-refractivity contribution is 5.92. The van der Waals surface area contributed by atoms with Gasteiger partial charge in [-0.2, -0.15) is 5.10 Å². The van der Waals surface area contributed by atoms with Gasteiger partial charge in [0, 0.05) is 16.9 Å². The minimum Gasteiger partial charge on any atom is -0.484 e. The Balaban J connectivity index is 1.56. The van der Waals surface area contributed by atoms with Gasteiger partial charge < -0.3 is 10.1 Å². The second-order valence-corrected chi connectivity index (χ2v) is 5.16. The molecule has 1 aromatic heterocycles. The lowest BCUT2D eigenvalue weighted by molar-refractivity contribution is -0.118. The summed E-state index contributed by atoms with van der Waals surface area (Å²) in [6, 6.07) is 18.8. The maximum Gasteiger partial charge on any atom is 0.262 e. The molecular formula is C18H17N3O2. The third-order valence-electron chi connectivity index (χ3n) is 3.28. The molecule has 1 amide bonds. The quantitative estimate of drug-likeness (QED) is 0.759. The second kappa shape index (κ2) is 6.79. The third-order valence-corrected chi connectivity index (χ3v) is 3.28. The van der Waals surface area contributed by atoms with Crippen LogP contribution in [0.5, 0.6) is 5.75 Å². The number of nitrogens with one attached hydrogen (secondary N) is 2. The molecule has 1 heterocycles. The minimum absolute atomic E-state index is 0.0235. The lowest BCUT2D eigenvalue weighted by atomic mass is 10.1. The van der Waals surface area contributed by atoms with E-state index in [0.29, 0.717) is 5.75 Å². The smallest absolute Gasteiger partial charge is 0.262 e. The average molecular weight is 307 g/mol. The number of para-hydroxylation sites is 1. The molecule has 5 nitrogen and oxygen atoms in total. The molecule has 0 aliphatic rings. The first-order chi connectivity index (χ1) is 11.2. The normalized spacial score (nSPS) is 10.3. The van der Waals surface area contributed by atoms with E-state index >= 15 is 0 Å². The molecule has 2 N–H and O–H groups in total. The Bertz CT molecular complexity index is 780. The molecule has 5 heteroatoms. The van der Waals surface area contributed by atoms with Crippen LogP contribution in [0.4, 0.5) is 5.69 Å². The van der Waals surface area contributed by atoms with Crippen LogP contribution in [0.3, 0.4) is 0 Å². The van der Waals surface area contributed by atoms with Crippen LogP contribution < -0.4 is 10.1 Å². The van der Waals surface area contributed by atoms with E-state index in [1.807, 2.05) is 67.6 Å². The Kier molecular flexibility index (Phi) is 4.38. The van der Waals surface area contributed by atoms with Gasteiger partial charge in [0.15, 0.2) is 6.61 Å². The summed E-state index contributed by atoms with van der Waals surface area (Å²) < 4.78 is 5.41. The molecule has 2 aromatic carbocycles. The molecule has 23 heavy (non-hydrogen) atoms. The van der Waals surface area contributed by atoms with Crippen LogP contribution in [0.2, 0.25) is 0 Å². The van der Waals surface area contributed by atoms with Gasteiger partial charge in [0.1, 0.15) is 5.75 Å². The van der Waals surface area contributed by atoms with Gasteiger partial charge in [0.2, 0.25) is 0 Å². The van der Waals surface area contributed by atoms with Gasteiger partial charge in [-0.3, -0.25) is 9.89 Å². The van der Waals surface area contributed by atoms with Gasteiger partial charge >= 0.3 is 0 Å². The standard InChI is InChI=1S/C18H17N3O2/c1-13-11-17(21-20-13)14-7-9-15(10-8-14)19-18(22)12-23-16-5-3-2-4-6-16/h2-11H,12H2,1H3,(H,19,22)(H,20,21). The zero-order chi connectivity index (χ0) is 16.1. The summed E-state index contributed by atoms with van der Waals surface area (Å²) in [6.07, 6.45) is 0. The van der Waals surface area contributed by atoms with E-state index in [-0.39, 0.29) is 12.5 Å². The molecular weight excluding hydrogens is 290 g/mol. The monoisotopic (exact) mass is 307 g/mol. The average Bonchev–Trinajstić information content (AvgIpc) is 3.01. The van der Waals surface area contributed by atoms with E-state index in [4.69, 9.17) is 4.74 Å². The van der Waals surface area contributed by atoms with Gasteiger partial charge in [-0.25, -0.2) is 0 Å². The lowest BCUT2D eigenvalue weighted by Crippen LogP contribution is -2.20. The van der Waals surface area contributed by atoms with Gasteiger partial charge in [-0.1, -0.05) is 30.3 Å². The Morgan fingerprint density at radius 2 is 1.87 bits per heavy atom. The maximum atomic E-state index is 11.9. The van der Waals surface area contributed by atoms with Crippen LogP contribution in [0.25, 0.3) is 11.3 Å². The Morgan fingerprint density at radius 1 is 1.13 bits per heavy atom. The van der Waals surface area contributed by atoms with E-state index < -0.39 is 0 Å². The Morgan fingerprint density at radius 3 is 2.52 bits per heavy atom. The van der Waals surface area contributed by atoms with Gasteiger partial charge in [-0.15, -0.1) is 0 Å². The molecule has 0 spiro atoms. The van der Waals surface area contributed by atoms with E-state index in [1.54, 1.807) is 0 Å². The third kappa shape index (κ3) is 3.97. The molecule has 0 aliphatic carbocycles. The molecule has 0 atom stereocenters. The number of amides is 1. The molecule has 0 unspecified atom stereocenters. The number of H-pyrrole nitrogens is 1. The van der Waals surface area contributed by atoms with Gasteiger partial charge in [0.05, 0.1) is 5.69 Å². The number of rotatable bonds is 5. The van der Waals surface area contributed by atoms with Crippen LogP contribution in [0, 0.1) is 6.92 Å². The molecule has 3 rings (SSSR count). The van der Waals surface area contributed by atoms with Crippen molar-refractivity contribution in [1.82, 2.24) is 10.2 Å². The number of aromatic nitrogens is 2.